The Morgan fingerprint density at radius 1 is 1.33 bits per heavy atom. The molecule has 0 aromatic carbocycles. The van der Waals surface area contributed by atoms with E-state index in [0.717, 1.165) is 18.5 Å². The third-order valence-electron chi connectivity index (χ3n) is 2.80. The summed E-state index contributed by atoms with van der Waals surface area (Å²) in [5, 5.41) is 3.51. The molecule has 0 aromatic rings. The van der Waals surface area contributed by atoms with Crippen LogP contribution in [0.5, 0.6) is 0 Å². The molecule has 0 aromatic heterocycles. The molecule has 1 N–H and O–H groups in total. The van der Waals surface area contributed by atoms with Gasteiger partial charge in [0.15, 0.2) is 0 Å². The van der Waals surface area contributed by atoms with Crippen LogP contribution in [0.2, 0.25) is 0 Å². The SMILES string of the molecule is CC(C)C1CNCCCCN1C. The number of hydrogen-bond acceptors (Lipinski definition) is 2. The fourth-order valence-corrected chi connectivity index (χ4v) is 1.93. The van der Waals surface area contributed by atoms with Crippen molar-refractivity contribution in [2.75, 3.05) is 26.7 Å². The fourth-order valence-electron chi connectivity index (χ4n) is 1.93. The van der Waals surface area contributed by atoms with E-state index in [1.165, 1.54) is 25.9 Å². The molecule has 0 spiro atoms. The second kappa shape index (κ2) is 4.83. The molecule has 1 unspecified atom stereocenters. The fraction of sp³-hybridized carbons (Fsp3) is 1.00. The molecule has 12 heavy (non-hydrogen) atoms. The number of rotatable bonds is 1. The van der Waals surface area contributed by atoms with E-state index in [1.807, 2.05) is 0 Å². The van der Waals surface area contributed by atoms with E-state index >= 15 is 0 Å². The predicted octanol–water partition coefficient (Wildman–Crippen LogP) is 1.33. The third kappa shape index (κ3) is 2.76. The molecule has 0 radical (unpaired) electrons. The zero-order chi connectivity index (χ0) is 8.97. The first-order valence-electron chi connectivity index (χ1n) is 5.13. The summed E-state index contributed by atoms with van der Waals surface area (Å²) in [6.45, 7) is 8.25. The maximum Gasteiger partial charge on any atom is 0.0240 e. The minimum atomic E-state index is 0.727. The third-order valence-corrected chi connectivity index (χ3v) is 2.80. The second-order valence-electron chi connectivity index (χ2n) is 4.20. The standard InChI is InChI=1S/C10H22N2/c1-9(2)10-8-11-6-4-5-7-12(10)3/h9-11H,4-8H2,1-3H3. The van der Waals surface area contributed by atoms with Crippen molar-refractivity contribution in [1.29, 1.82) is 0 Å². The second-order valence-corrected chi connectivity index (χ2v) is 4.20. The van der Waals surface area contributed by atoms with Gasteiger partial charge in [-0.3, -0.25) is 0 Å². The van der Waals surface area contributed by atoms with Crippen molar-refractivity contribution in [1.82, 2.24) is 10.2 Å². The molecule has 0 aliphatic carbocycles. The van der Waals surface area contributed by atoms with E-state index in [9.17, 15) is 0 Å². The van der Waals surface area contributed by atoms with Gasteiger partial charge in [-0.1, -0.05) is 13.8 Å². The smallest absolute Gasteiger partial charge is 0.0240 e. The van der Waals surface area contributed by atoms with Gasteiger partial charge in [0.05, 0.1) is 0 Å². The Balaban J connectivity index is 2.43. The Morgan fingerprint density at radius 3 is 2.75 bits per heavy atom. The summed E-state index contributed by atoms with van der Waals surface area (Å²) in [6, 6.07) is 0.727. The number of hydrogen-bond donors (Lipinski definition) is 1. The lowest BCUT2D eigenvalue weighted by atomic mass is 10.0. The van der Waals surface area contributed by atoms with Crippen LogP contribution in [-0.2, 0) is 0 Å². The molecule has 0 saturated carbocycles. The number of likely N-dealkylation sites (N-methyl/N-ethyl adjacent to an activating group) is 1. The van der Waals surface area contributed by atoms with Crippen LogP contribution in [0.1, 0.15) is 26.7 Å². The molecule has 0 bridgehead atoms. The van der Waals surface area contributed by atoms with Gasteiger partial charge in [-0.2, -0.15) is 0 Å². The highest BCUT2D eigenvalue weighted by molar-refractivity contribution is 4.76. The van der Waals surface area contributed by atoms with Crippen LogP contribution in [0.25, 0.3) is 0 Å². The molecule has 1 atom stereocenters. The maximum absolute atomic E-state index is 3.51. The first-order chi connectivity index (χ1) is 5.72. The summed E-state index contributed by atoms with van der Waals surface area (Å²) < 4.78 is 0. The van der Waals surface area contributed by atoms with Gasteiger partial charge < -0.3 is 10.2 Å². The summed E-state index contributed by atoms with van der Waals surface area (Å²) in [6.07, 6.45) is 2.67. The van der Waals surface area contributed by atoms with Crippen molar-refractivity contribution in [2.24, 2.45) is 5.92 Å². The van der Waals surface area contributed by atoms with E-state index < -0.39 is 0 Å². The van der Waals surface area contributed by atoms with E-state index in [4.69, 9.17) is 0 Å². The summed E-state index contributed by atoms with van der Waals surface area (Å²) >= 11 is 0. The zero-order valence-corrected chi connectivity index (χ0v) is 8.64. The lowest BCUT2D eigenvalue weighted by molar-refractivity contribution is 0.174. The summed E-state index contributed by atoms with van der Waals surface area (Å²) in [4.78, 5) is 2.50. The molecule has 1 heterocycles. The highest BCUT2D eigenvalue weighted by atomic mass is 15.2. The van der Waals surface area contributed by atoms with Gasteiger partial charge in [0, 0.05) is 12.6 Å². The monoisotopic (exact) mass is 170 g/mol. The van der Waals surface area contributed by atoms with E-state index in [1.54, 1.807) is 0 Å². The lowest BCUT2D eigenvalue weighted by Crippen LogP contribution is -2.45. The first kappa shape index (κ1) is 10.0. The van der Waals surface area contributed by atoms with Gasteiger partial charge in [-0.05, 0) is 38.9 Å². The normalized spacial score (nSPS) is 28.5. The largest absolute Gasteiger partial charge is 0.315 e. The number of nitrogens with zero attached hydrogens (tertiary/aromatic N) is 1. The van der Waals surface area contributed by atoms with Gasteiger partial charge in [-0.25, -0.2) is 0 Å². The first-order valence-corrected chi connectivity index (χ1v) is 5.13. The van der Waals surface area contributed by atoms with Gasteiger partial charge in [0.1, 0.15) is 0 Å². The summed E-state index contributed by atoms with van der Waals surface area (Å²) in [7, 11) is 2.25. The molecule has 0 amide bonds. The Kier molecular flexibility index (Phi) is 4.02. The average molecular weight is 170 g/mol. The quantitative estimate of drug-likeness (QED) is 0.638. The van der Waals surface area contributed by atoms with Crippen molar-refractivity contribution in [2.45, 2.75) is 32.7 Å². The summed E-state index contributed by atoms with van der Waals surface area (Å²) in [5.41, 5.74) is 0. The maximum atomic E-state index is 3.51. The van der Waals surface area contributed by atoms with Crippen molar-refractivity contribution < 1.29 is 0 Å². The van der Waals surface area contributed by atoms with Crippen LogP contribution in [0, 0.1) is 5.92 Å². The minimum absolute atomic E-state index is 0.727. The minimum Gasteiger partial charge on any atom is -0.315 e. The molecule has 1 aliphatic rings. The van der Waals surface area contributed by atoms with E-state index in [2.05, 4.69) is 31.1 Å². The Hall–Kier alpha value is -0.0800. The molecule has 72 valence electrons. The van der Waals surface area contributed by atoms with Crippen LogP contribution in [0.15, 0.2) is 0 Å². The molecule has 2 nitrogen and oxygen atoms in total. The van der Waals surface area contributed by atoms with Crippen LogP contribution in [-0.4, -0.2) is 37.6 Å². The van der Waals surface area contributed by atoms with Crippen molar-refractivity contribution in [3.8, 4) is 0 Å². The van der Waals surface area contributed by atoms with Crippen molar-refractivity contribution in [3.05, 3.63) is 0 Å². The molecular formula is C10H22N2. The van der Waals surface area contributed by atoms with Crippen LogP contribution >= 0.6 is 0 Å². The molecule has 1 fully saturated rings. The van der Waals surface area contributed by atoms with Crippen LogP contribution in [0.4, 0.5) is 0 Å². The van der Waals surface area contributed by atoms with Gasteiger partial charge in [0.25, 0.3) is 0 Å². The van der Waals surface area contributed by atoms with Crippen LogP contribution in [0.3, 0.4) is 0 Å². The van der Waals surface area contributed by atoms with Crippen molar-refractivity contribution in [3.63, 3.8) is 0 Å². The lowest BCUT2D eigenvalue weighted by Gasteiger charge is -2.33. The molecule has 2 heteroatoms. The molecular weight excluding hydrogens is 148 g/mol. The number of nitrogens with one attached hydrogen (secondary N) is 1. The Bertz CT molecular complexity index is 123. The highest BCUT2D eigenvalue weighted by Gasteiger charge is 2.18. The predicted molar refractivity (Wildman–Crippen MR) is 53.4 cm³/mol. The van der Waals surface area contributed by atoms with Gasteiger partial charge >= 0.3 is 0 Å². The molecule has 1 aliphatic heterocycles. The topological polar surface area (TPSA) is 15.3 Å². The zero-order valence-electron chi connectivity index (χ0n) is 8.64. The van der Waals surface area contributed by atoms with Crippen LogP contribution < -0.4 is 5.32 Å². The van der Waals surface area contributed by atoms with E-state index in [-0.39, 0.29) is 0 Å². The van der Waals surface area contributed by atoms with E-state index in [0.29, 0.717) is 0 Å². The average Bonchev–Trinajstić information content (AvgIpc) is 1.96. The molecule has 1 saturated heterocycles. The summed E-state index contributed by atoms with van der Waals surface area (Å²) in [5.74, 6) is 0.764. The van der Waals surface area contributed by atoms with Gasteiger partial charge in [-0.15, -0.1) is 0 Å². The Labute approximate surface area is 76.3 Å². The highest BCUT2D eigenvalue weighted by Crippen LogP contribution is 2.10. The van der Waals surface area contributed by atoms with Gasteiger partial charge in [0.2, 0.25) is 0 Å². The Morgan fingerprint density at radius 2 is 2.08 bits per heavy atom. The molecule has 1 rings (SSSR count). The van der Waals surface area contributed by atoms with Crippen molar-refractivity contribution >= 4 is 0 Å².